The molecule has 18 heavy (non-hydrogen) atoms. The molecule has 0 heterocycles. The predicted octanol–water partition coefficient (Wildman–Crippen LogP) is 3.20. The van der Waals surface area contributed by atoms with Gasteiger partial charge in [-0.05, 0) is 43.7 Å². The molecule has 0 atom stereocenters. The molecule has 0 saturated heterocycles. The van der Waals surface area contributed by atoms with Crippen molar-refractivity contribution in [3.63, 3.8) is 0 Å². The van der Waals surface area contributed by atoms with Gasteiger partial charge in [0.2, 0.25) is 0 Å². The first-order valence-electron chi connectivity index (χ1n) is 6.49. The van der Waals surface area contributed by atoms with E-state index in [1.165, 1.54) is 29.7 Å². The molecule has 0 spiro atoms. The van der Waals surface area contributed by atoms with E-state index in [9.17, 15) is 0 Å². The second-order valence-electron chi connectivity index (χ2n) is 5.79. The molecule has 1 aliphatic carbocycles. The van der Waals surface area contributed by atoms with Gasteiger partial charge in [-0.3, -0.25) is 0 Å². The zero-order valence-electron chi connectivity index (χ0n) is 11.5. The van der Waals surface area contributed by atoms with Gasteiger partial charge in [-0.2, -0.15) is 0 Å². The van der Waals surface area contributed by atoms with Crippen LogP contribution in [0.5, 0.6) is 0 Å². The Hall–Kier alpha value is -1.09. The highest BCUT2D eigenvalue weighted by molar-refractivity contribution is 7.80. The zero-order chi connectivity index (χ0) is 13.3. The summed E-state index contributed by atoms with van der Waals surface area (Å²) < 4.78 is 0. The maximum Gasteiger partial charge on any atom is 0.0733 e. The summed E-state index contributed by atoms with van der Waals surface area (Å²) in [6, 6.07) is 6.62. The highest BCUT2D eigenvalue weighted by atomic mass is 32.1. The quantitative estimate of drug-likeness (QED) is 0.826. The molecule has 0 radical (unpaired) electrons. The molecule has 0 amide bonds. The summed E-state index contributed by atoms with van der Waals surface area (Å²) in [5.41, 5.74) is 10.0. The van der Waals surface area contributed by atoms with Gasteiger partial charge in [0.15, 0.2) is 0 Å². The highest BCUT2D eigenvalue weighted by Crippen LogP contribution is 2.49. The summed E-state index contributed by atoms with van der Waals surface area (Å²) in [5.74, 6) is 0. The highest BCUT2D eigenvalue weighted by Gasteiger charge is 2.43. The van der Waals surface area contributed by atoms with Gasteiger partial charge in [0.1, 0.15) is 0 Å². The van der Waals surface area contributed by atoms with Gasteiger partial charge in [0.25, 0.3) is 0 Å². The average molecular weight is 262 g/mol. The summed E-state index contributed by atoms with van der Waals surface area (Å²) in [6.45, 7) is 5.35. The molecule has 0 aromatic heterocycles. The van der Waals surface area contributed by atoms with Crippen molar-refractivity contribution in [2.24, 2.45) is 11.1 Å². The van der Waals surface area contributed by atoms with E-state index < -0.39 is 0 Å². The molecular formula is C15H22N2S. The second-order valence-corrected chi connectivity index (χ2v) is 6.31. The number of benzene rings is 1. The largest absolute Gasteiger partial charge is 0.393 e. The molecule has 1 saturated carbocycles. The molecule has 0 bridgehead atoms. The molecular weight excluding hydrogens is 240 g/mol. The lowest BCUT2D eigenvalue weighted by atomic mass is 10.0. The first-order valence-corrected chi connectivity index (χ1v) is 6.89. The minimum Gasteiger partial charge on any atom is -0.393 e. The third-order valence-corrected chi connectivity index (χ3v) is 3.99. The van der Waals surface area contributed by atoms with Gasteiger partial charge in [-0.15, -0.1) is 0 Å². The van der Waals surface area contributed by atoms with Crippen molar-refractivity contribution < 1.29 is 0 Å². The minimum atomic E-state index is 0.345. The van der Waals surface area contributed by atoms with E-state index in [4.69, 9.17) is 18.0 Å². The Bertz CT molecular complexity index is 464. The van der Waals surface area contributed by atoms with Crippen LogP contribution in [0.25, 0.3) is 0 Å². The molecule has 1 aromatic carbocycles. The van der Waals surface area contributed by atoms with Gasteiger partial charge < -0.3 is 10.6 Å². The Morgan fingerprint density at radius 2 is 2.06 bits per heavy atom. The fraction of sp³-hybridized carbons (Fsp3) is 0.533. The van der Waals surface area contributed by atoms with Crippen molar-refractivity contribution in [2.45, 2.75) is 33.1 Å². The van der Waals surface area contributed by atoms with Crippen molar-refractivity contribution in [1.29, 1.82) is 0 Å². The third-order valence-electron chi connectivity index (χ3n) is 3.84. The van der Waals surface area contributed by atoms with E-state index in [0.29, 0.717) is 10.4 Å². The van der Waals surface area contributed by atoms with Crippen molar-refractivity contribution in [3.8, 4) is 0 Å². The van der Waals surface area contributed by atoms with Crippen LogP contribution in [-0.2, 0) is 0 Å². The maximum atomic E-state index is 5.70. The zero-order valence-corrected chi connectivity index (χ0v) is 12.3. The standard InChI is InChI=1S/C15H22N2S/c1-11-4-5-13(12(2)8-11)17(3)10-15(6-7-15)9-14(16)18/h4-5,8H,6-7,9-10H2,1-3H3,(H2,16,18). The SMILES string of the molecule is Cc1ccc(N(C)CC2(CC(N)=S)CC2)c(C)c1. The van der Waals surface area contributed by atoms with E-state index in [2.05, 4.69) is 44.0 Å². The number of thiocarbonyl (C=S) groups is 1. The lowest BCUT2D eigenvalue weighted by Crippen LogP contribution is -2.29. The fourth-order valence-electron chi connectivity index (χ4n) is 2.76. The van der Waals surface area contributed by atoms with E-state index >= 15 is 0 Å². The van der Waals surface area contributed by atoms with Crippen molar-refractivity contribution in [1.82, 2.24) is 0 Å². The second kappa shape index (κ2) is 4.88. The predicted molar refractivity (Wildman–Crippen MR) is 82.3 cm³/mol. The van der Waals surface area contributed by atoms with Gasteiger partial charge in [0.05, 0.1) is 4.99 Å². The molecule has 2 nitrogen and oxygen atoms in total. The van der Waals surface area contributed by atoms with Crippen LogP contribution in [0.4, 0.5) is 5.69 Å². The topological polar surface area (TPSA) is 29.3 Å². The summed E-state index contributed by atoms with van der Waals surface area (Å²) in [7, 11) is 2.16. The number of aryl methyl sites for hydroxylation is 2. The lowest BCUT2D eigenvalue weighted by molar-refractivity contribution is 0.533. The lowest BCUT2D eigenvalue weighted by Gasteiger charge is -2.27. The van der Waals surface area contributed by atoms with Crippen LogP contribution in [0, 0.1) is 19.3 Å². The Labute approximate surface area is 115 Å². The number of hydrogen-bond acceptors (Lipinski definition) is 2. The number of rotatable bonds is 5. The Balaban J connectivity index is 2.08. The Morgan fingerprint density at radius 1 is 1.39 bits per heavy atom. The summed E-state index contributed by atoms with van der Waals surface area (Å²) >= 11 is 5.06. The Kier molecular flexibility index (Phi) is 3.62. The molecule has 0 aliphatic heterocycles. The molecule has 1 aliphatic rings. The van der Waals surface area contributed by atoms with Gasteiger partial charge >= 0.3 is 0 Å². The van der Waals surface area contributed by atoms with Crippen LogP contribution in [0.15, 0.2) is 18.2 Å². The van der Waals surface area contributed by atoms with E-state index in [-0.39, 0.29) is 0 Å². The molecule has 3 heteroatoms. The minimum absolute atomic E-state index is 0.345. The van der Waals surface area contributed by atoms with Crippen LogP contribution >= 0.6 is 12.2 Å². The van der Waals surface area contributed by atoms with Crippen LogP contribution in [0.3, 0.4) is 0 Å². The van der Waals surface area contributed by atoms with E-state index in [1.54, 1.807) is 0 Å². The normalized spacial score (nSPS) is 16.4. The molecule has 2 N–H and O–H groups in total. The average Bonchev–Trinajstić information content (AvgIpc) is 2.95. The summed E-state index contributed by atoms with van der Waals surface area (Å²) in [5, 5.41) is 0. The van der Waals surface area contributed by atoms with E-state index in [0.717, 1.165) is 13.0 Å². The van der Waals surface area contributed by atoms with Crippen LogP contribution in [0.2, 0.25) is 0 Å². The van der Waals surface area contributed by atoms with Gasteiger partial charge in [0, 0.05) is 25.7 Å². The smallest absolute Gasteiger partial charge is 0.0733 e. The molecule has 2 rings (SSSR count). The summed E-state index contributed by atoms with van der Waals surface area (Å²) in [4.78, 5) is 3.00. The first-order chi connectivity index (χ1) is 8.42. The number of hydrogen-bond donors (Lipinski definition) is 1. The molecule has 1 aromatic rings. The first kappa shape index (κ1) is 13.3. The number of nitrogens with zero attached hydrogens (tertiary/aromatic N) is 1. The molecule has 1 fully saturated rings. The molecule has 0 unspecified atom stereocenters. The maximum absolute atomic E-state index is 5.70. The van der Waals surface area contributed by atoms with Crippen molar-refractivity contribution in [3.05, 3.63) is 29.3 Å². The third kappa shape index (κ3) is 3.02. The van der Waals surface area contributed by atoms with Crippen LogP contribution in [-0.4, -0.2) is 18.6 Å². The van der Waals surface area contributed by atoms with Crippen LogP contribution in [0.1, 0.15) is 30.4 Å². The van der Waals surface area contributed by atoms with Crippen LogP contribution < -0.4 is 10.6 Å². The van der Waals surface area contributed by atoms with Gasteiger partial charge in [-0.25, -0.2) is 0 Å². The van der Waals surface area contributed by atoms with Crippen molar-refractivity contribution in [2.75, 3.05) is 18.5 Å². The van der Waals surface area contributed by atoms with Gasteiger partial charge in [-0.1, -0.05) is 29.9 Å². The monoisotopic (exact) mass is 262 g/mol. The van der Waals surface area contributed by atoms with Crippen molar-refractivity contribution >= 4 is 22.9 Å². The fourth-order valence-corrected chi connectivity index (χ4v) is 3.07. The van der Waals surface area contributed by atoms with E-state index in [1.807, 2.05) is 0 Å². The number of nitrogens with two attached hydrogens (primary N) is 1. The molecule has 98 valence electrons. The Morgan fingerprint density at radius 3 is 2.56 bits per heavy atom. The summed E-state index contributed by atoms with van der Waals surface area (Å²) in [6.07, 6.45) is 3.39. The number of anilines is 1.